The van der Waals surface area contributed by atoms with Gasteiger partial charge in [-0.2, -0.15) is 0 Å². The standard InChI is InChI=1S/C29H27FN4O4S/c1-29(2,3)38-28(35)34(4)20-16-19(30)25(39(5,36)37)21-22-23(17-12-8-6-9-13-17)31-26(18-14-10-7-11-15-18)33-27(22)32-24(20)21/h6-16H,1-5H3,(H,31,32,33). The van der Waals surface area contributed by atoms with E-state index in [4.69, 9.17) is 14.7 Å². The lowest BCUT2D eigenvalue weighted by Gasteiger charge is -2.25. The molecule has 0 aliphatic heterocycles. The van der Waals surface area contributed by atoms with Crippen LogP contribution in [0.25, 0.3) is 44.6 Å². The van der Waals surface area contributed by atoms with Gasteiger partial charge in [0.25, 0.3) is 0 Å². The summed E-state index contributed by atoms with van der Waals surface area (Å²) in [7, 11) is -2.62. The number of nitrogens with one attached hydrogen (secondary N) is 1. The van der Waals surface area contributed by atoms with E-state index in [9.17, 15) is 13.2 Å². The number of aromatic amines is 1. The fraction of sp³-hybridized carbons (Fsp3) is 0.207. The number of hydrogen-bond acceptors (Lipinski definition) is 6. The molecule has 0 atom stereocenters. The first-order valence-electron chi connectivity index (χ1n) is 12.2. The summed E-state index contributed by atoms with van der Waals surface area (Å²) in [5.41, 5.74) is 1.68. The minimum absolute atomic E-state index is 0.0661. The number of halogens is 1. The van der Waals surface area contributed by atoms with E-state index < -0.39 is 32.2 Å². The van der Waals surface area contributed by atoms with E-state index in [0.717, 1.165) is 22.8 Å². The van der Waals surface area contributed by atoms with Crippen molar-refractivity contribution < 1.29 is 22.3 Å². The summed E-state index contributed by atoms with van der Waals surface area (Å²) in [6.07, 6.45) is 0.218. The molecular formula is C29H27FN4O4S. The predicted molar refractivity (Wildman–Crippen MR) is 150 cm³/mol. The van der Waals surface area contributed by atoms with Gasteiger partial charge in [-0.3, -0.25) is 4.90 Å². The SMILES string of the molecule is CN(C(=O)OC(C)(C)C)c1cc(F)c(S(C)(=O)=O)c2c1[nH]c1nc(-c3ccccc3)nc(-c3ccccc3)c12. The number of fused-ring (bicyclic) bond motifs is 3. The Kier molecular flexibility index (Phi) is 6.38. The first kappa shape index (κ1) is 26.3. The van der Waals surface area contributed by atoms with Crippen LogP contribution in [0, 0.1) is 5.82 Å². The smallest absolute Gasteiger partial charge is 0.414 e. The number of hydrogen-bond donors (Lipinski definition) is 1. The van der Waals surface area contributed by atoms with Crippen LogP contribution in [-0.2, 0) is 14.6 Å². The minimum Gasteiger partial charge on any atom is -0.443 e. The number of carbonyl (C=O) groups excluding carboxylic acids is 1. The molecule has 39 heavy (non-hydrogen) atoms. The molecule has 2 heterocycles. The molecule has 10 heteroatoms. The average molecular weight is 547 g/mol. The van der Waals surface area contributed by atoms with Crippen LogP contribution >= 0.6 is 0 Å². The lowest BCUT2D eigenvalue weighted by Crippen LogP contribution is -2.34. The number of carbonyl (C=O) groups is 1. The van der Waals surface area contributed by atoms with E-state index in [-0.39, 0.29) is 16.6 Å². The summed E-state index contributed by atoms with van der Waals surface area (Å²) in [4.78, 5) is 26.3. The molecule has 0 saturated carbocycles. The average Bonchev–Trinajstić information content (AvgIpc) is 3.25. The zero-order chi connectivity index (χ0) is 28.1. The first-order valence-corrected chi connectivity index (χ1v) is 14.1. The number of sulfone groups is 1. The van der Waals surface area contributed by atoms with Crippen molar-refractivity contribution >= 4 is 43.6 Å². The highest BCUT2D eigenvalue weighted by atomic mass is 32.2. The van der Waals surface area contributed by atoms with E-state index in [0.29, 0.717) is 28.1 Å². The Hall–Kier alpha value is -4.31. The molecular weight excluding hydrogens is 519 g/mol. The molecule has 0 fully saturated rings. The highest BCUT2D eigenvalue weighted by Gasteiger charge is 2.30. The number of aromatic nitrogens is 3. The van der Waals surface area contributed by atoms with Gasteiger partial charge in [0.15, 0.2) is 15.7 Å². The fourth-order valence-electron chi connectivity index (χ4n) is 4.47. The molecule has 0 spiro atoms. The molecule has 0 radical (unpaired) electrons. The second-order valence-corrected chi connectivity index (χ2v) is 12.2. The zero-order valence-electron chi connectivity index (χ0n) is 22.1. The summed E-state index contributed by atoms with van der Waals surface area (Å²) in [6.45, 7) is 5.16. The van der Waals surface area contributed by atoms with Crippen LogP contribution in [0.1, 0.15) is 20.8 Å². The molecule has 2 aromatic heterocycles. The van der Waals surface area contributed by atoms with Crippen molar-refractivity contribution in [3.8, 4) is 22.6 Å². The molecule has 1 N–H and O–H groups in total. The van der Waals surface area contributed by atoms with Crippen molar-refractivity contribution in [1.29, 1.82) is 0 Å². The molecule has 200 valence electrons. The number of benzene rings is 3. The minimum atomic E-state index is -4.06. The zero-order valence-corrected chi connectivity index (χ0v) is 22.9. The normalized spacial score (nSPS) is 12.2. The van der Waals surface area contributed by atoms with Crippen molar-refractivity contribution in [3.05, 3.63) is 72.5 Å². The third-order valence-corrected chi connectivity index (χ3v) is 7.24. The molecule has 1 amide bonds. The summed E-state index contributed by atoms with van der Waals surface area (Å²) in [6, 6.07) is 19.5. The molecule has 0 unspecified atom stereocenters. The van der Waals surface area contributed by atoms with E-state index in [1.54, 1.807) is 20.8 Å². The van der Waals surface area contributed by atoms with Crippen molar-refractivity contribution in [2.24, 2.45) is 0 Å². The second kappa shape index (κ2) is 9.46. The van der Waals surface area contributed by atoms with Crippen LogP contribution in [0.4, 0.5) is 14.9 Å². The summed E-state index contributed by atoms with van der Waals surface area (Å²) >= 11 is 0. The number of rotatable bonds is 4. The number of amides is 1. The van der Waals surface area contributed by atoms with Gasteiger partial charge >= 0.3 is 6.09 Å². The number of anilines is 1. The topological polar surface area (TPSA) is 105 Å². The lowest BCUT2D eigenvalue weighted by atomic mass is 10.0. The molecule has 0 saturated heterocycles. The highest BCUT2D eigenvalue weighted by Crippen LogP contribution is 2.42. The Morgan fingerprint density at radius 3 is 2.10 bits per heavy atom. The van der Waals surface area contributed by atoms with Gasteiger partial charge in [0, 0.05) is 35.9 Å². The maximum absolute atomic E-state index is 15.7. The third-order valence-electron chi connectivity index (χ3n) is 6.09. The monoisotopic (exact) mass is 546 g/mol. The molecule has 8 nitrogen and oxygen atoms in total. The van der Waals surface area contributed by atoms with Crippen molar-refractivity contribution in [2.45, 2.75) is 31.3 Å². The summed E-state index contributed by atoms with van der Waals surface area (Å²) in [5.74, 6) is -0.598. The van der Waals surface area contributed by atoms with Gasteiger partial charge in [-0.1, -0.05) is 60.7 Å². The van der Waals surface area contributed by atoms with Gasteiger partial charge in [0.1, 0.15) is 22.0 Å². The van der Waals surface area contributed by atoms with Crippen LogP contribution in [0.15, 0.2) is 71.6 Å². The van der Waals surface area contributed by atoms with E-state index >= 15 is 4.39 Å². The molecule has 3 aromatic carbocycles. The van der Waals surface area contributed by atoms with Gasteiger partial charge in [0.05, 0.1) is 22.3 Å². The van der Waals surface area contributed by atoms with Crippen LogP contribution in [0.5, 0.6) is 0 Å². The molecule has 0 bridgehead atoms. The second-order valence-electron chi connectivity index (χ2n) is 10.2. The van der Waals surface area contributed by atoms with Crippen molar-refractivity contribution in [1.82, 2.24) is 15.0 Å². The molecule has 5 rings (SSSR count). The molecule has 5 aromatic rings. The Labute approximate surface area is 225 Å². The third kappa shape index (κ3) is 4.95. The number of ether oxygens (including phenoxy) is 1. The van der Waals surface area contributed by atoms with E-state index in [1.807, 2.05) is 60.7 Å². The van der Waals surface area contributed by atoms with Crippen LogP contribution in [-0.4, -0.2) is 48.4 Å². The van der Waals surface area contributed by atoms with Gasteiger partial charge < -0.3 is 9.72 Å². The van der Waals surface area contributed by atoms with Crippen LogP contribution < -0.4 is 4.90 Å². The summed E-state index contributed by atoms with van der Waals surface area (Å²) < 4.78 is 47.1. The first-order chi connectivity index (χ1) is 18.3. The Morgan fingerprint density at radius 1 is 0.949 bits per heavy atom. The highest BCUT2D eigenvalue weighted by molar-refractivity contribution is 7.91. The maximum Gasteiger partial charge on any atom is 0.414 e. The van der Waals surface area contributed by atoms with Crippen LogP contribution in [0.3, 0.4) is 0 Å². The van der Waals surface area contributed by atoms with Crippen molar-refractivity contribution in [3.63, 3.8) is 0 Å². The lowest BCUT2D eigenvalue weighted by molar-refractivity contribution is 0.0589. The van der Waals surface area contributed by atoms with Crippen molar-refractivity contribution in [2.75, 3.05) is 18.2 Å². The number of nitrogens with zero attached hydrogens (tertiary/aromatic N) is 3. The summed E-state index contributed by atoms with van der Waals surface area (Å²) in [5, 5.41) is 0.394. The Balaban J connectivity index is 1.93. The van der Waals surface area contributed by atoms with Gasteiger partial charge in [0.2, 0.25) is 0 Å². The molecule has 0 aliphatic rings. The number of H-pyrrole nitrogens is 1. The van der Waals surface area contributed by atoms with E-state index in [2.05, 4.69) is 4.98 Å². The van der Waals surface area contributed by atoms with Crippen LogP contribution in [0.2, 0.25) is 0 Å². The maximum atomic E-state index is 15.7. The van der Waals surface area contributed by atoms with E-state index in [1.165, 1.54) is 7.05 Å². The van der Waals surface area contributed by atoms with Gasteiger partial charge in [-0.05, 0) is 20.8 Å². The van der Waals surface area contributed by atoms with Gasteiger partial charge in [-0.15, -0.1) is 0 Å². The molecule has 0 aliphatic carbocycles. The van der Waals surface area contributed by atoms with Gasteiger partial charge in [-0.25, -0.2) is 27.6 Å². The Bertz CT molecular complexity index is 1830. The predicted octanol–water partition coefficient (Wildman–Crippen LogP) is 6.36. The largest absolute Gasteiger partial charge is 0.443 e. The fourth-order valence-corrected chi connectivity index (χ4v) is 5.46. The quantitative estimate of drug-likeness (QED) is 0.281. The Morgan fingerprint density at radius 2 is 1.54 bits per heavy atom.